The number of pyridine rings is 1. The maximum atomic E-state index is 13.6. The number of rotatable bonds is 7. The molecule has 0 aliphatic rings. The van der Waals surface area contributed by atoms with Crippen molar-refractivity contribution in [3.05, 3.63) is 77.3 Å². The van der Waals surface area contributed by atoms with Gasteiger partial charge >= 0.3 is 0 Å². The van der Waals surface area contributed by atoms with Crippen LogP contribution in [0.3, 0.4) is 0 Å². The summed E-state index contributed by atoms with van der Waals surface area (Å²) in [6.07, 6.45) is 3.33. The van der Waals surface area contributed by atoms with E-state index in [-0.39, 0.29) is 10.9 Å². The van der Waals surface area contributed by atoms with Crippen LogP contribution < -0.4 is 10.6 Å². The molecule has 2 aromatic carbocycles. The van der Waals surface area contributed by atoms with Gasteiger partial charge in [-0.3, -0.25) is 9.78 Å². The number of hydrogen-bond acceptors (Lipinski definition) is 7. The Labute approximate surface area is 207 Å². The molecule has 1 amide bonds. The summed E-state index contributed by atoms with van der Waals surface area (Å²) >= 11 is 5.93. The van der Waals surface area contributed by atoms with Crippen LogP contribution in [-0.2, 0) is 9.47 Å². The van der Waals surface area contributed by atoms with Gasteiger partial charge in [-0.1, -0.05) is 11.6 Å². The molecular weight excluding hydrogens is 473 g/mol. The van der Waals surface area contributed by atoms with Crippen LogP contribution in [0, 0.1) is 5.82 Å². The van der Waals surface area contributed by atoms with E-state index in [1.165, 1.54) is 12.1 Å². The number of nitrogens with one attached hydrogen (secondary N) is 2. The van der Waals surface area contributed by atoms with Gasteiger partial charge in [0.1, 0.15) is 11.6 Å². The lowest BCUT2D eigenvalue weighted by Crippen LogP contribution is -2.26. The molecule has 0 spiro atoms. The van der Waals surface area contributed by atoms with Crippen LogP contribution in [0.5, 0.6) is 0 Å². The summed E-state index contributed by atoms with van der Waals surface area (Å²) in [5.41, 5.74) is 2.36. The number of aromatic nitrogens is 3. The lowest BCUT2D eigenvalue weighted by atomic mass is 10.1. The first kappa shape index (κ1) is 26.0. The minimum absolute atomic E-state index is 0.0148. The number of ether oxygens (including phenoxy) is 2. The molecular formula is C25H25ClFN5O3. The second-order valence-electron chi connectivity index (χ2n) is 7.28. The number of nitrogens with zero attached hydrogens (tertiary/aromatic N) is 3. The van der Waals surface area contributed by atoms with Gasteiger partial charge in [-0.25, -0.2) is 14.4 Å². The van der Waals surface area contributed by atoms with E-state index < -0.39 is 5.82 Å². The molecule has 2 heterocycles. The van der Waals surface area contributed by atoms with Crippen molar-refractivity contribution < 1.29 is 18.7 Å². The molecule has 2 aromatic heterocycles. The van der Waals surface area contributed by atoms with Gasteiger partial charge in [0.2, 0.25) is 0 Å². The van der Waals surface area contributed by atoms with Crippen molar-refractivity contribution in [2.75, 3.05) is 39.8 Å². The Morgan fingerprint density at radius 2 is 1.89 bits per heavy atom. The third kappa shape index (κ3) is 6.92. The lowest BCUT2D eigenvalue weighted by Gasteiger charge is -2.13. The normalized spacial score (nSPS) is 10.4. The van der Waals surface area contributed by atoms with Gasteiger partial charge in [-0.2, -0.15) is 0 Å². The maximum Gasteiger partial charge on any atom is 0.251 e. The van der Waals surface area contributed by atoms with E-state index in [0.29, 0.717) is 46.9 Å². The van der Waals surface area contributed by atoms with Crippen LogP contribution >= 0.6 is 11.6 Å². The van der Waals surface area contributed by atoms with E-state index >= 15 is 0 Å². The van der Waals surface area contributed by atoms with Crippen LogP contribution in [0.25, 0.3) is 22.3 Å². The monoisotopic (exact) mass is 497 g/mol. The minimum atomic E-state index is -0.518. The lowest BCUT2D eigenvalue weighted by molar-refractivity contribution is 0.0937. The predicted octanol–water partition coefficient (Wildman–Crippen LogP) is 4.87. The molecule has 8 nitrogen and oxygen atoms in total. The molecule has 10 heteroatoms. The zero-order chi connectivity index (χ0) is 25.2. The van der Waals surface area contributed by atoms with Crippen molar-refractivity contribution in [1.29, 1.82) is 0 Å². The smallest absolute Gasteiger partial charge is 0.251 e. The topological polar surface area (TPSA) is 98.3 Å². The summed E-state index contributed by atoms with van der Waals surface area (Å²) in [6, 6.07) is 13.1. The first-order valence-corrected chi connectivity index (χ1v) is 11.0. The maximum absolute atomic E-state index is 13.6. The summed E-state index contributed by atoms with van der Waals surface area (Å²) in [6.45, 7) is 0.804. The van der Waals surface area contributed by atoms with Crippen molar-refractivity contribution in [1.82, 2.24) is 20.3 Å². The molecule has 0 saturated carbocycles. The fourth-order valence-electron chi connectivity index (χ4n) is 3.07. The molecule has 182 valence electrons. The highest BCUT2D eigenvalue weighted by Crippen LogP contribution is 2.29. The van der Waals surface area contributed by atoms with Crippen LogP contribution in [0.4, 0.5) is 15.9 Å². The Kier molecular flexibility index (Phi) is 9.42. The van der Waals surface area contributed by atoms with Gasteiger partial charge < -0.3 is 20.1 Å². The molecule has 2 N–H and O–H groups in total. The van der Waals surface area contributed by atoms with Crippen LogP contribution in [0.1, 0.15) is 10.4 Å². The van der Waals surface area contributed by atoms with Gasteiger partial charge in [0.25, 0.3) is 5.91 Å². The summed E-state index contributed by atoms with van der Waals surface area (Å²) in [5.74, 6) is 0.147. The average molecular weight is 498 g/mol. The highest BCUT2D eigenvalue weighted by atomic mass is 35.5. The second-order valence-corrected chi connectivity index (χ2v) is 7.69. The molecule has 0 bridgehead atoms. The molecule has 0 aliphatic carbocycles. The fourth-order valence-corrected chi connectivity index (χ4v) is 3.25. The Hall–Kier alpha value is -3.66. The van der Waals surface area contributed by atoms with E-state index in [4.69, 9.17) is 16.3 Å². The number of carbonyl (C=O) groups excluding carboxylic acids is 1. The molecule has 4 rings (SSSR count). The summed E-state index contributed by atoms with van der Waals surface area (Å²) in [4.78, 5) is 25.9. The van der Waals surface area contributed by atoms with Crippen LogP contribution in [0.2, 0.25) is 5.02 Å². The Balaban J connectivity index is 0.00000108. The largest absolute Gasteiger partial charge is 0.388 e. The Morgan fingerprint density at radius 3 is 2.57 bits per heavy atom. The van der Waals surface area contributed by atoms with E-state index in [0.717, 1.165) is 5.56 Å². The molecule has 35 heavy (non-hydrogen) atoms. The molecule has 4 aromatic rings. The molecule has 0 atom stereocenters. The predicted molar refractivity (Wildman–Crippen MR) is 135 cm³/mol. The van der Waals surface area contributed by atoms with Crippen LogP contribution in [0.15, 0.2) is 60.9 Å². The van der Waals surface area contributed by atoms with Crippen molar-refractivity contribution in [3.63, 3.8) is 0 Å². The SMILES string of the molecule is COC.COCCNC(=O)c1ccc2nc(-c3cccnc3)nc(Nc3ccc(F)c(Cl)c3)c2c1. The standard InChI is InChI=1S/C23H19ClFN5O2.C2H6O/c1-32-10-9-27-23(31)14-4-7-20-17(11-14)22(28-16-5-6-19(25)18(24)12-16)30-21(29-20)15-3-2-8-26-13-15;1-3-2/h2-8,11-13H,9-10H2,1H3,(H,27,31)(H,28,29,30);1-2H3. The van der Waals surface area contributed by atoms with Crippen molar-refractivity contribution in [3.8, 4) is 11.4 Å². The number of hydrogen-bond donors (Lipinski definition) is 2. The molecule has 0 radical (unpaired) electrons. The fraction of sp³-hybridized carbons (Fsp3) is 0.200. The number of fused-ring (bicyclic) bond motifs is 1. The first-order chi connectivity index (χ1) is 17.0. The first-order valence-electron chi connectivity index (χ1n) is 10.6. The third-order valence-electron chi connectivity index (χ3n) is 4.65. The highest BCUT2D eigenvalue weighted by molar-refractivity contribution is 6.31. The number of carbonyl (C=O) groups is 1. The number of methoxy groups -OCH3 is 2. The zero-order valence-corrected chi connectivity index (χ0v) is 20.3. The van der Waals surface area contributed by atoms with Crippen molar-refractivity contribution in [2.45, 2.75) is 0 Å². The molecule has 0 aliphatic heterocycles. The van der Waals surface area contributed by atoms with Crippen molar-refractivity contribution >= 4 is 39.9 Å². The molecule has 0 fully saturated rings. The van der Waals surface area contributed by atoms with Gasteiger partial charge in [0.05, 0.1) is 17.1 Å². The Bertz CT molecular complexity index is 1290. The van der Waals surface area contributed by atoms with E-state index in [2.05, 4.69) is 30.3 Å². The van der Waals surface area contributed by atoms with Gasteiger partial charge in [-0.05, 0) is 48.5 Å². The zero-order valence-electron chi connectivity index (χ0n) is 19.5. The van der Waals surface area contributed by atoms with E-state index in [1.54, 1.807) is 64.1 Å². The van der Waals surface area contributed by atoms with Gasteiger partial charge in [0, 0.05) is 62.5 Å². The van der Waals surface area contributed by atoms with E-state index in [9.17, 15) is 9.18 Å². The van der Waals surface area contributed by atoms with Gasteiger partial charge in [0.15, 0.2) is 5.82 Å². The second kappa shape index (κ2) is 12.7. The number of anilines is 2. The molecule has 0 saturated heterocycles. The van der Waals surface area contributed by atoms with Gasteiger partial charge in [-0.15, -0.1) is 0 Å². The Morgan fingerprint density at radius 1 is 1.09 bits per heavy atom. The minimum Gasteiger partial charge on any atom is -0.388 e. The van der Waals surface area contributed by atoms with Crippen LogP contribution in [-0.4, -0.2) is 55.3 Å². The summed E-state index contributed by atoms with van der Waals surface area (Å²) < 4.78 is 22.8. The van der Waals surface area contributed by atoms with Crippen molar-refractivity contribution in [2.24, 2.45) is 0 Å². The quantitative estimate of drug-likeness (QED) is 0.351. The summed E-state index contributed by atoms with van der Waals surface area (Å²) in [7, 11) is 4.82. The summed E-state index contributed by atoms with van der Waals surface area (Å²) in [5, 5.41) is 6.57. The molecule has 0 unspecified atom stereocenters. The third-order valence-corrected chi connectivity index (χ3v) is 4.94. The van der Waals surface area contributed by atoms with E-state index in [1.807, 2.05) is 6.07 Å². The highest BCUT2D eigenvalue weighted by Gasteiger charge is 2.14. The number of benzene rings is 2. The number of amides is 1. The number of halogens is 2. The average Bonchev–Trinajstić information content (AvgIpc) is 2.87.